The van der Waals surface area contributed by atoms with Gasteiger partial charge in [0.25, 0.3) is 0 Å². The van der Waals surface area contributed by atoms with Crippen molar-refractivity contribution in [1.82, 2.24) is 5.32 Å². The smallest absolute Gasteiger partial charge is 0.124 e. The SMILES string of the molecule is CCOc1ccccc1C(CCOc1ccccc1)NC. The molecule has 1 unspecified atom stereocenters. The van der Waals surface area contributed by atoms with Crippen LogP contribution in [0.4, 0.5) is 0 Å². The van der Waals surface area contributed by atoms with Crippen molar-refractivity contribution < 1.29 is 9.47 Å². The van der Waals surface area contributed by atoms with E-state index in [1.165, 1.54) is 5.56 Å². The van der Waals surface area contributed by atoms with Gasteiger partial charge < -0.3 is 14.8 Å². The molecule has 2 aromatic rings. The van der Waals surface area contributed by atoms with Gasteiger partial charge in [-0.1, -0.05) is 36.4 Å². The molecular weight excluding hydrogens is 262 g/mol. The summed E-state index contributed by atoms with van der Waals surface area (Å²) in [7, 11) is 1.97. The minimum atomic E-state index is 0.219. The van der Waals surface area contributed by atoms with Crippen LogP contribution < -0.4 is 14.8 Å². The fourth-order valence-electron chi connectivity index (χ4n) is 2.32. The number of ether oxygens (including phenoxy) is 2. The molecule has 0 heterocycles. The molecule has 1 N–H and O–H groups in total. The van der Waals surface area contributed by atoms with Crippen molar-refractivity contribution >= 4 is 0 Å². The molecule has 0 saturated carbocycles. The van der Waals surface area contributed by atoms with Gasteiger partial charge in [-0.3, -0.25) is 0 Å². The summed E-state index contributed by atoms with van der Waals surface area (Å²) in [5.74, 6) is 1.85. The quantitative estimate of drug-likeness (QED) is 0.800. The van der Waals surface area contributed by atoms with Gasteiger partial charge in [0.2, 0.25) is 0 Å². The summed E-state index contributed by atoms with van der Waals surface area (Å²) in [6.07, 6.45) is 0.884. The molecule has 0 radical (unpaired) electrons. The van der Waals surface area contributed by atoms with Gasteiger partial charge in [-0.25, -0.2) is 0 Å². The summed E-state index contributed by atoms with van der Waals surface area (Å²) in [5.41, 5.74) is 1.18. The first-order chi connectivity index (χ1) is 10.3. The predicted octanol–water partition coefficient (Wildman–Crippen LogP) is 3.81. The number of nitrogens with one attached hydrogen (secondary N) is 1. The van der Waals surface area contributed by atoms with Gasteiger partial charge in [0.1, 0.15) is 11.5 Å². The van der Waals surface area contributed by atoms with E-state index in [9.17, 15) is 0 Å². The monoisotopic (exact) mass is 285 g/mol. The minimum absolute atomic E-state index is 0.219. The van der Waals surface area contributed by atoms with E-state index in [1.54, 1.807) is 0 Å². The maximum Gasteiger partial charge on any atom is 0.124 e. The summed E-state index contributed by atoms with van der Waals surface area (Å²) < 4.78 is 11.5. The van der Waals surface area contributed by atoms with Gasteiger partial charge >= 0.3 is 0 Å². The summed E-state index contributed by atoms with van der Waals surface area (Å²) in [6.45, 7) is 3.34. The van der Waals surface area contributed by atoms with Crippen LogP contribution in [0.3, 0.4) is 0 Å². The van der Waals surface area contributed by atoms with Gasteiger partial charge in [-0.15, -0.1) is 0 Å². The van der Waals surface area contributed by atoms with E-state index in [2.05, 4.69) is 11.4 Å². The third kappa shape index (κ3) is 4.50. The third-order valence-electron chi connectivity index (χ3n) is 3.36. The lowest BCUT2D eigenvalue weighted by Crippen LogP contribution is -2.20. The second-order valence-corrected chi connectivity index (χ2v) is 4.76. The molecule has 3 nitrogen and oxygen atoms in total. The zero-order chi connectivity index (χ0) is 14.9. The van der Waals surface area contributed by atoms with Crippen molar-refractivity contribution in [2.45, 2.75) is 19.4 Å². The molecule has 0 aromatic heterocycles. The lowest BCUT2D eigenvalue weighted by Gasteiger charge is -2.20. The highest BCUT2D eigenvalue weighted by Crippen LogP contribution is 2.27. The summed E-state index contributed by atoms with van der Waals surface area (Å²) >= 11 is 0. The van der Waals surface area contributed by atoms with E-state index in [0.29, 0.717) is 13.2 Å². The summed E-state index contributed by atoms with van der Waals surface area (Å²) in [5, 5.41) is 3.34. The van der Waals surface area contributed by atoms with Crippen molar-refractivity contribution in [2.75, 3.05) is 20.3 Å². The van der Waals surface area contributed by atoms with Crippen LogP contribution in [-0.2, 0) is 0 Å². The predicted molar refractivity (Wildman–Crippen MR) is 86.0 cm³/mol. The third-order valence-corrected chi connectivity index (χ3v) is 3.36. The minimum Gasteiger partial charge on any atom is -0.494 e. The molecule has 0 aliphatic carbocycles. The lowest BCUT2D eigenvalue weighted by molar-refractivity contribution is 0.284. The Balaban J connectivity index is 1.96. The van der Waals surface area contributed by atoms with Crippen LogP contribution in [0, 0.1) is 0 Å². The van der Waals surface area contributed by atoms with Crippen LogP contribution in [0.15, 0.2) is 54.6 Å². The zero-order valence-electron chi connectivity index (χ0n) is 12.7. The number of benzene rings is 2. The molecule has 0 amide bonds. The number of hydrogen-bond acceptors (Lipinski definition) is 3. The van der Waals surface area contributed by atoms with E-state index in [-0.39, 0.29) is 6.04 Å². The highest BCUT2D eigenvalue weighted by molar-refractivity contribution is 5.36. The Bertz CT molecular complexity index is 528. The Morgan fingerprint density at radius 2 is 1.67 bits per heavy atom. The first kappa shape index (κ1) is 15.4. The number of rotatable bonds is 8. The molecular formula is C18H23NO2. The number of hydrogen-bond donors (Lipinski definition) is 1. The molecule has 0 saturated heterocycles. The molecule has 0 bridgehead atoms. The summed E-state index contributed by atoms with van der Waals surface area (Å²) in [6, 6.07) is 18.3. The van der Waals surface area contributed by atoms with Crippen molar-refractivity contribution in [3.63, 3.8) is 0 Å². The largest absolute Gasteiger partial charge is 0.494 e. The van der Waals surface area contributed by atoms with E-state index < -0.39 is 0 Å². The molecule has 3 heteroatoms. The fourth-order valence-corrected chi connectivity index (χ4v) is 2.32. The Hall–Kier alpha value is -2.00. The average molecular weight is 285 g/mol. The van der Waals surface area contributed by atoms with Crippen molar-refractivity contribution in [3.05, 3.63) is 60.2 Å². The van der Waals surface area contributed by atoms with Crippen LogP contribution in [0.2, 0.25) is 0 Å². The maximum absolute atomic E-state index is 5.78. The van der Waals surface area contributed by atoms with Gasteiger partial charge in [-0.05, 0) is 32.2 Å². The van der Waals surface area contributed by atoms with E-state index in [0.717, 1.165) is 17.9 Å². The normalized spacial score (nSPS) is 11.9. The van der Waals surface area contributed by atoms with Crippen LogP contribution in [-0.4, -0.2) is 20.3 Å². The van der Waals surface area contributed by atoms with Crippen LogP contribution in [0.1, 0.15) is 24.9 Å². The topological polar surface area (TPSA) is 30.5 Å². The van der Waals surface area contributed by atoms with Crippen molar-refractivity contribution in [2.24, 2.45) is 0 Å². The molecule has 2 rings (SSSR count). The Kier molecular flexibility index (Phi) is 6.10. The van der Waals surface area contributed by atoms with Gasteiger partial charge in [0.15, 0.2) is 0 Å². The van der Waals surface area contributed by atoms with E-state index >= 15 is 0 Å². The van der Waals surface area contributed by atoms with Crippen LogP contribution in [0.25, 0.3) is 0 Å². The Morgan fingerprint density at radius 3 is 2.38 bits per heavy atom. The maximum atomic E-state index is 5.78. The van der Waals surface area contributed by atoms with Crippen molar-refractivity contribution in [3.8, 4) is 11.5 Å². The molecule has 0 fully saturated rings. The molecule has 0 aliphatic rings. The first-order valence-corrected chi connectivity index (χ1v) is 7.42. The average Bonchev–Trinajstić information content (AvgIpc) is 2.54. The lowest BCUT2D eigenvalue weighted by atomic mass is 10.0. The highest BCUT2D eigenvalue weighted by Gasteiger charge is 2.14. The molecule has 0 spiro atoms. The molecule has 1 atom stereocenters. The van der Waals surface area contributed by atoms with E-state index in [1.807, 2.05) is 62.5 Å². The number of para-hydroxylation sites is 2. The highest BCUT2D eigenvalue weighted by atomic mass is 16.5. The van der Waals surface area contributed by atoms with Gasteiger partial charge in [-0.2, -0.15) is 0 Å². The van der Waals surface area contributed by atoms with Crippen LogP contribution >= 0.6 is 0 Å². The fraction of sp³-hybridized carbons (Fsp3) is 0.333. The standard InChI is InChI=1S/C18H23NO2/c1-3-20-18-12-8-7-11-16(18)17(19-2)13-14-21-15-9-5-4-6-10-15/h4-12,17,19H,3,13-14H2,1-2H3. The van der Waals surface area contributed by atoms with E-state index in [4.69, 9.17) is 9.47 Å². The molecule has 0 aliphatic heterocycles. The van der Waals surface area contributed by atoms with Crippen molar-refractivity contribution in [1.29, 1.82) is 0 Å². The first-order valence-electron chi connectivity index (χ1n) is 7.42. The zero-order valence-corrected chi connectivity index (χ0v) is 12.7. The van der Waals surface area contributed by atoms with Gasteiger partial charge in [0.05, 0.1) is 13.2 Å². The summed E-state index contributed by atoms with van der Waals surface area (Å²) in [4.78, 5) is 0. The van der Waals surface area contributed by atoms with Gasteiger partial charge in [0, 0.05) is 18.0 Å². The van der Waals surface area contributed by atoms with Crippen LogP contribution in [0.5, 0.6) is 11.5 Å². The molecule has 21 heavy (non-hydrogen) atoms. The second-order valence-electron chi connectivity index (χ2n) is 4.76. The second kappa shape index (κ2) is 8.32. The Morgan fingerprint density at radius 1 is 0.952 bits per heavy atom. The molecule has 112 valence electrons. The molecule has 2 aromatic carbocycles. The Labute approximate surface area is 126 Å².